The van der Waals surface area contributed by atoms with Gasteiger partial charge >= 0.3 is 0 Å². The van der Waals surface area contributed by atoms with E-state index >= 15 is 0 Å². The van der Waals surface area contributed by atoms with Crippen LogP contribution in [0.1, 0.15) is 34.6 Å². The van der Waals surface area contributed by atoms with Crippen LogP contribution in [-0.2, 0) is 19.3 Å². The van der Waals surface area contributed by atoms with Crippen LogP contribution < -0.4 is 9.47 Å². The normalized spacial score (nSPS) is 21.8. The number of aryl methyl sites for hydroxylation is 1. The van der Waals surface area contributed by atoms with E-state index in [4.69, 9.17) is 9.47 Å². The molecule has 2 aromatic carbocycles. The molecule has 120 valence electrons. The number of methoxy groups -OCH3 is 2. The lowest BCUT2D eigenvalue weighted by atomic mass is 9.85. The summed E-state index contributed by atoms with van der Waals surface area (Å²) in [6, 6.07) is 10.0. The zero-order valence-corrected chi connectivity index (χ0v) is 13.6. The van der Waals surface area contributed by atoms with E-state index in [9.17, 15) is 5.11 Å². The third-order valence-electron chi connectivity index (χ3n) is 5.50. The molecule has 3 heteroatoms. The van der Waals surface area contributed by atoms with E-state index in [1.54, 1.807) is 14.2 Å². The van der Waals surface area contributed by atoms with Crippen LogP contribution in [0.3, 0.4) is 0 Å². The second-order valence-corrected chi connectivity index (χ2v) is 6.66. The van der Waals surface area contributed by atoms with Gasteiger partial charge in [-0.3, -0.25) is 0 Å². The lowest BCUT2D eigenvalue weighted by molar-refractivity contribution is 0.389. The van der Waals surface area contributed by atoms with Crippen LogP contribution >= 0.6 is 0 Å². The second kappa shape index (κ2) is 5.48. The van der Waals surface area contributed by atoms with Crippen LogP contribution in [0.5, 0.6) is 17.2 Å². The molecule has 0 aromatic heterocycles. The molecule has 0 amide bonds. The number of aromatic hydroxyl groups is 1. The van der Waals surface area contributed by atoms with Gasteiger partial charge < -0.3 is 14.6 Å². The molecule has 23 heavy (non-hydrogen) atoms. The van der Waals surface area contributed by atoms with Crippen LogP contribution in [0.15, 0.2) is 30.3 Å². The van der Waals surface area contributed by atoms with Crippen LogP contribution in [0, 0.1) is 5.92 Å². The fraction of sp³-hybridized carbons (Fsp3) is 0.400. The largest absolute Gasteiger partial charge is 0.508 e. The molecule has 0 spiro atoms. The molecule has 2 aromatic rings. The van der Waals surface area contributed by atoms with E-state index in [0.29, 0.717) is 17.6 Å². The van der Waals surface area contributed by atoms with Crippen LogP contribution in [0.25, 0.3) is 0 Å². The summed E-state index contributed by atoms with van der Waals surface area (Å²) in [6.07, 6.45) is 4.39. The lowest BCUT2D eigenvalue weighted by Gasteiger charge is -2.19. The van der Waals surface area contributed by atoms with Crippen molar-refractivity contribution in [3.05, 3.63) is 52.6 Å². The van der Waals surface area contributed by atoms with E-state index < -0.39 is 0 Å². The van der Waals surface area contributed by atoms with Gasteiger partial charge in [0.05, 0.1) is 14.2 Å². The van der Waals surface area contributed by atoms with Crippen LogP contribution in [0.2, 0.25) is 0 Å². The number of fused-ring (bicyclic) bond motifs is 2. The molecular formula is C20H22O3. The number of phenolic OH excluding ortho intramolecular Hbond substituents is 1. The summed E-state index contributed by atoms with van der Waals surface area (Å²) in [7, 11) is 3.43. The summed E-state index contributed by atoms with van der Waals surface area (Å²) < 4.78 is 11.0. The lowest BCUT2D eigenvalue weighted by Crippen LogP contribution is -2.10. The average molecular weight is 310 g/mol. The number of hydrogen-bond donors (Lipinski definition) is 1. The van der Waals surface area contributed by atoms with E-state index in [2.05, 4.69) is 12.1 Å². The maximum atomic E-state index is 9.69. The first-order valence-corrected chi connectivity index (χ1v) is 8.25. The van der Waals surface area contributed by atoms with Crippen molar-refractivity contribution in [3.8, 4) is 17.2 Å². The highest BCUT2D eigenvalue weighted by molar-refractivity contribution is 5.50. The molecule has 2 unspecified atom stereocenters. The Morgan fingerprint density at radius 3 is 2.65 bits per heavy atom. The highest BCUT2D eigenvalue weighted by atomic mass is 16.5. The topological polar surface area (TPSA) is 38.7 Å². The molecule has 0 bridgehead atoms. The Morgan fingerprint density at radius 1 is 1.00 bits per heavy atom. The van der Waals surface area contributed by atoms with Gasteiger partial charge in [-0.25, -0.2) is 0 Å². The molecule has 4 rings (SSSR count). The van der Waals surface area contributed by atoms with Crippen molar-refractivity contribution in [3.63, 3.8) is 0 Å². The molecule has 2 aliphatic carbocycles. The first-order chi connectivity index (χ1) is 11.2. The zero-order chi connectivity index (χ0) is 16.0. The van der Waals surface area contributed by atoms with Crippen LogP contribution in [0.4, 0.5) is 0 Å². The Hall–Kier alpha value is -2.16. The quantitative estimate of drug-likeness (QED) is 0.936. The highest BCUT2D eigenvalue weighted by Crippen LogP contribution is 2.47. The molecule has 2 atom stereocenters. The van der Waals surface area contributed by atoms with Crippen molar-refractivity contribution < 1.29 is 14.6 Å². The molecule has 0 saturated carbocycles. The van der Waals surface area contributed by atoms with Gasteiger partial charge in [-0.15, -0.1) is 0 Å². The molecular weight excluding hydrogens is 288 g/mol. The summed E-state index contributed by atoms with van der Waals surface area (Å²) in [5.74, 6) is 3.39. The number of phenols is 1. The average Bonchev–Trinajstić information content (AvgIpc) is 3.16. The van der Waals surface area contributed by atoms with Gasteiger partial charge in [-0.05, 0) is 78.0 Å². The second-order valence-electron chi connectivity index (χ2n) is 6.66. The van der Waals surface area contributed by atoms with E-state index in [-0.39, 0.29) is 0 Å². The predicted octanol–water partition coefficient (Wildman–Crippen LogP) is 3.85. The zero-order valence-electron chi connectivity index (χ0n) is 13.6. The summed E-state index contributed by atoms with van der Waals surface area (Å²) in [5.41, 5.74) is 5.44. The van der Waals surface area contributed by atoms with Crippen molar-refractivity contribution >= 4 is 0 Å². The van der Waals surface area contributed by atoms with Gasteiger partial charge in [-0.1, -0.05) is 6.07 Å². The van der Waals surface area contributed by atoms with E-state index in [1.807, 2.05) is 18.2 Å². The molecule has 0 aliphatic heterocycles. The first kappa shape index (κ1) is 14.4. The van der Waals surface area contributed by atoms with E-state index in [1.165, 1.54) is 28.7 Å². The Bertz CT molecular complexity index is 751. The monoisotopic (exact) mass is 310 g/mol. The summed E-state index contributed by atoms with van der Waals surface area (Å²) in [4.78, 5) is 0. The van der Waals surface area contributed by atoms with Crippen molar-refractivity contribution in [1.29, 1.82) is 0 Å². The fourth-order valence-corrected chi connectivity index (χ4v) is 4.42. The van der Waals surface area contributed by atoms with Gasteiger partial charge in [0.25, 0.3) is 0 Å². The van der Waals surface area contributed by atoms with Crippen molar-refractivity contribution in [2.75, 3.05) is 14.2 Å². The SMILES string of the molecule is COc1cc2c(c(OC)c1)CC(C1CCc3cc(O)ccc31)C2. The molecule has 0 heterocycles. The first-order valence-electron chi connectivity index (χ1n) is 8.25. The van der Waals surface area contributed by atoms with Gasteiger partial charge in [-0.2, -0.15) is 0 Å². The van der Waals surface area contributed by atoms with Gasteiger partial charge in [0.15, 0.2) is 0 Å². The van der Waals surface area contributed by atoms with Crippen molar-refractivity contribution in [1.82, 2.24) is 0 Å². The fourth-order valence-electron chi connectivity index (χ4n) is 4.42. The highest BCUT2D eigenvalue weighted by Gasteiger charge is 2.35. The molecule has 2 aliphatic rings. The molecule has 0 fully saturated rings. The molecule has 0 radical (unpaired) electrons. The Morgan fingerprint density at radius 2 is 1.87 bits per heavy atom. The van der Waals surface area contributed by atoms with Gasteiger partial charge in [0, 0.05) is 6.07 Å². The summed E-state index contributed by atoms with van der Waals surface area (Å²) >= 11 is 0. The standard InChI is InChI=1S/C20H22O3/c1-22-16-9-13-7-14(10-19(13)20(11-16)23-2)18-5-3-12-8-15(21)4-6-17(12)18/h4,6,8-9,11,14,18,21H,3,5,7,10H2,1-2H3. The summed E-state index contributed by atoms with van der Waals surface area (Å²) in [6.45, 7) is 0. The van der Waals surface area contributed by atoms with Gasteiger partial charge in [0.2, 0.25) is 0 Å². The van der Waals surface area contributed by atoms with Crippen molar-refractivity contribution in [2.24, 2.45) is 5.92 Å². The van der Waals surface area contributed by atoms with Gasteiger partial charge in [0.1, 0.15) is 17.2 Å². The van der Waals surface area contributed by atoms with E-state index in [0.717, 1.165) is 30.8 Å². The minimum atomic E-state index is 0.380. The Kier molecular flexibility index (Phi) is 3.44. The summed E-state index contributed by atoms with van der Waals surface area (Å²) in [5, 5.41) is 9.69. The number of ether oxygens (including phenoxy) is 2. The Labute approximate surface area is 136 Å². The smallest absolute Gasteiger partial charge is 0.126 e. The molecule has 1 N–H and O–H groups in total. The number of benzene rings is 2. The third-order valence-corrected chi connectivity index (χ3v) is 5.50. The third kappa shape index (κ3) is 2.35. The molecule has 3 nitrogen and oxygen atoms in total. The van der Waals surface area contributed by atoms with Crippen molar-refractivity contribution in [2.45, 2.75) is 31.6 Å². The molecule has 0 saturated heterocycles. The minimum absolute atomic E-state index is 0.380. The number of rotatable bonds is 3. The maximum absolute atomic E-state index is 9.69. The minimum Gasteiger partial charge on any atom is -0.508 e. The predicted molar refractivity (Wildman–Crippen MR) is 89.6 cm³/mol. The number of hydrogen-bond acceptors (Lipinski definition) is 3. The maximum Gasteiger partial charge on any atom is 0.126 e. The van der Waals surface area contributed by atoms with Crippen LogP contribution in [-0.4, -0.2) is 19.3 Å². The Balaban J connectivity index is 1.65.